The van der Waals surface area contributed by atoms with E-state index in [4.69, 9.17) is 0 Å². The highest BCUT2D eigenvalue weighted by atomic mass is 19.3. The zero-order chi connectivity index (χ0) is 19.6. The van der Waals surface area contributed by atoms with Gasteiger partial charge in [0, 0.05) is 24.7 Å². The summed E-state index contributed by atoms with van der Waals surface area (Å²) in [6, 6.07) is 0. The lowest BCUT2D eigenvalue weighted by Crippen LogP contribution is -2.31. The van der Waals surface area contributed by atoms with Crippen LogP contribution in [-0.4, -0.2) is 40.4 Å². The Morgan fingerprint density at radius 3 is 2.65 bits per heavy atom. The van der Waals surface area contributed by atoms with Crippen LogP contribution in [0.4, 0.5) is 8.78 Å². The van der Waals surface area contributed by atoms with Crippen LogP contribution in [0.15, 0.2) is 24.3 Å². The van der Waals surface area contributed by atoms with Crippen LogP contribution in [0.2, 0.25) is 0 Å². The molecule has 4 nitrogen and oxygen atoms in total. The number of Topliss-reactive ketones (excluding diaryl/α,β-unsaturated/α-hetero) is 1. The number of halogens is 2. The first-order chi connectivity index (χ1) is 12.3. The molecule has 4 atom stereocenters. The van der Waals surface area contributed by atoms with E-state index in [1.165, 1.54) is 0 Å². The van der Waals surface area contributed by atoms with E-state index in [-0.39, 0.29) is 18.6 Å². The second-order valence-electron chi connectivity index (χ2n) is 6.92. The van der Waals surface area contributed by atoms with Crippen LogP contribution in [0.5, 0.6) is 0 Å². The molecule has 0 aromatic heterocycles. The van der Waals surface area contributed by atoms with Gasteiger partial charge in [0.05, 0.1) is 6.10 Å². The van der Waals surface area contributed by atoms with E-state index in [1.807, 2.05) is 19.1 Å². The first-order valence-corrected chi connectivity index (χ1v) is 9.38. The molecule has 1 aliphatic rings. The van der Waals surface area contributed by atoms with Gasteiger partial charge in [-0.1, -0.05) is 38.0 Å². The maximum Gasteiger partial charge on any atom is 0.291 e. The summed E-state index contributed by atoms with van der Waals surface area (Å²) in [5.41, 5.74) is 0. The molecule has 1 fully saturated rings. The molecular formula is C20H30F2O4. The third-order valence-corrected chi connectivity index (χ3v) is 4.81. The zero-order valence-corrected chi connectivity index (χ0v) is 15.3. The van der Waals surface area contributed by atoms with Gasteiger partial charge in [-0.25, -0.2) is 0 Å². The van der Waals surface area contributed by atoms with Gasteiger partial charge in [0.1, 0.15) is 18.2 Å². The van der Waals surface area contributed by atoms with Crippen molar-refractivity contribution in [3.63, 3.8) is 0 Å². The highest BCUT2D eigenvalue weighted by Gasteiger charge is 2.41. The largest absolute Gasteiger partial charge is 0.392 e. The Morgan fingerprint density at radius 1 is 1.27 bits per heavy atom. The van der Waals surface area contributed by atoms with Crippen LogP contribution in [0.3, 0.4) is 0 Å². The van der Waals surface area contributed by atoms with Gasteiger partial charge in [0.15, 0.2) is 0 Å². The summed E-state index contributed by atoms with van der Waals surface area (Å²) in [4.78, 5) is 22.3. The molecule has 0 aromatic rings. The van der Waals surface area contributed by atoms with Crippen molar-refractivity contribution in [2.45, 2.75) is 76.4 Å². The minimum Gasteiger partial charge on any atom is -0.392 e. The van der Waals surface area contributed by atoms with Gasteiger partial charge in [-0.2, -0.15) is 8.78 Å². The Morgan fingerprint density at radius 2 is 2.00 bits per heavy atom. The molecule has 0 bridgehead atoms. The fourth-order valence-electron chi connectivity index (χ4n) is 3.15. The second-order valence-corrected chi connectivity index (χ2v) is 6.92. The Balaban J connectivity index is 2.68. The van der Waals surface area contributed by atoms with E-state index in [0.717, 1.165) is 25.2 Å². The molecular weight excluding hydrogens is 342 g/mol. The van der Waals surface area contributed by atoms with Gasteiger partial charge >= 0.3 is 0 Å². The lowest BCUT2D eigenvalue weighted by atomic mass is 9.89. The van der Waals surface area contributed by atoms with E-state index in [1.54, 1.807) is 0 Å². The number of allylic oxidation sites excluding steroid dienone is 3. The molecule has 0 amide bonds. The van der Waals surface area contributed by atoms with Gasteiger partial charge in [-0.15, -0.1) is 0 Å². The fourth-order valence-corrected chi connectivity index (χ4v) is 3.15. The Kier molecular flexibility index (Phi) is 9.88. The van der Waals surface area contributed by atoms with Crippen molar-refractivity contribution < 1.29 is 28.6 Å². The van der Waals surface area contributed by atoms with Gasteiger partial charge in [0.25, 0.3) is 5.92 Å². The number of unbranched alkanes of at least 4 members (excludes halogenated alkanes) is 3. The van der Waals surface area contributed by atoms with Crippen molar-refractivity contribution in [2.24, 2.45) is 11.8 Å². The highest BCUT2D eigenvalue weighted by molar-refractivity contribution is 5.86. The van der Waals surface area contributed by atoms with Gasteiger partial charge in [-0.3, -0.25) is 4.79 Å². The number of aldehydes is 1. The van der Waals surface area contributed by atoms with Crippen LogP contribution in [0, 0.1) is 11.8 Å². The van der Waals surface area contributed by atoms with Crippen molar-refractivity contribution in [2.75, 3.05) is 0 Å². The van der Waals surface area contributed by atoms with Crippen molar-refractivity contribution in [1.82, 2.24) is 0 Å². The maximum atomic E-state index is 14.0. The third-order valence-electron chi connectivity index (χ3n) is 4.81. The van der Waals surface area contributed by atoms with E-state index in [2.05, 4.69) is 0 Å². The number of hydrogen-bond acceptors (Lipinski definition) is 4. The summed E-state index contributed by atoms with van der Waals surface area (Å²) in [6.07, 6.45) is 7.23. The highest BCUT2D eigenvalue weighted by Crippen LogP contribution is 2.35. The van der Waals surface area contributed by atoms with Crippen LogP contribution in [-0.2, 0) is 9.59 Å². The maximum absolute atomic E-state index is 14.0. The molecule has 6 heteroatoms. The van der Waals surface area contributed by atoms with Gasteiger partial charge in [0.2, 0.25) is 0 Å². The molecule has 0 heterocycles. The third kappa shape index (κ3) is 7.08. The van der Waals surface area contributed by atoms with Crippen molar-refractivity contribution in [1.29, 1.82) is 0 Å². The molecule has 0 radical (unpaired) electrons. The number of aliphatic hydroxyl groups is 2. The van der Waals surface area contributed by atoms with Crippen LogP contribution >= 0.6 is 0 Å². The van der Waals surface area contributed by atoms with E-state index >= 15 is 0 Å². The predicted molar refractivity (Wildman–Crippen MR) is 95.9 cm³/mol. The average molecular weight is 372 g/mol. The standard InChI is InChI=1S/C20H30F2O4/c1-2-3-10-19(26)20(21,22)12-11-16-15(17(24)14-18(16)25)9-7-5-4-6-8-13-23/h5,7,11-13,15-17,19,24,26H,2-4,6,8-10,14H2,1H3/b7-5-,12-11+/t15-,16-,17+,19?/m1/s1. The predicted octanol–water partition coefficient (Wildman–Crippen LogP) is 3.61. The normalized spacial score (nSPS) is 25.4. The molecule has 1 unspecified atom stereocenters. The van der Waals surface area contributed by atoms with E-state index in [9.17, 15) is 28.6 Å². The summed E-state index contributed by atoms with van der Waals surface area (Å²) in [5, 5.41) is 19.7. The monoisotopic (exact) mass is 372 g/mol. The fraction of sp³-hybridized carbons (Fsp3) is 0.700. The average Bonchev–Trinajstić information content (AvgIpc) is 2.87. The van der Waals surface area contributed by atoms with Crippen LogP contribution in [0.25, 0.3) is 0 Å². The molecule has 0 spiro atoms. The second kappa shape index (κ2) is 11.3. The lowest BCUT2D eigenvalue weighted by Gasteiger charge is -2.21. The van der Waals surface area contributed by atoms with Crippen LogP contribution in [0.1, 0.15) is 58.3 Å². The van der Waals surface area contributed by atoms with Gasteiger partial charge < -0.3 is 15.0 Å². The van der Waals surface area contributed by atoms with E-state index in [0.29, 0.717) is 31.8 Å². The van der Waals surface area contributed by atoms with Crippen molar-refractivity contribution in [3.05, 3.63) is 24.3 Å². The lowest BCUT2D eigenvalue weighted by molar-refractivity contribution is -0.120. The molecule has 2 N–H and O–H groups in total. The molecule has 26 heavy (non-hydrogen) atoms. The molecule has 0 saturated heterocycles. The SMILES string of the molecule is CCCCC(O)C(F)(F)/C=C/[C@H]1C(=O)C[C@H](O)[C@@H]1C/C=C\CCCC=O. The number of hydrogen-bond donors (Lipinski definition) is 2. The van der Waals surface area contributed by atoms with E-state index < -0.39 is 30.0 Å². The summed E-state index contributed by atoms with van der Waals surface area (Å²) in [5.74, 6) is -4.86. The van der Waals surface area contributed by atoms with Crippen molar-refractivity contribution >= 4 is 12.1 Å². The number of carbonyl (C=O) groups excluding carboxylic acids is 2. The minimum absolute atomic E-state index is 0.00202. The molecule has 1 saturated carbocycles. The summed E-state index contributed by atoms with van der Waals surface area (Å²) < 4.78 is 28.0. The first-order valence-electron chi connectivity index (χ1n) is 9.38. The number of carbonyl (C=O) groups is 2. The summed E-state index contributed by atoms with van der Waals surface area (Å²) >= 11 is 0. The Labute approximate surface area is 154 Å². The number of aliphatic hydroxyl groups excluding tert-OH is 2. The van der Waals surface area contributed by atoms with Crippen molar-refractivity contribution in [3.8, 4) is 0 Å². The minimum atomic E-state index is -3.39. The Bertz CT molecular complexity index is 502. The zero-order valence-electron chi connectivity index (χ0n) is 15.3. The smallest absolute Gasteiger partial charge is 0.291 e. The first kappa shape index (κ1) is 22.6. The van der Waals surface area contributed by atoms with Gasteiger partial charge in [-0.05, 0) is 31.8 Å². The number of ketones is 1. The van der Waals surface area contributed by atoms with Crippen LogP contribution < -0.4 is 0 Å². The topological polar surface area (TPSA) is 74.6 Å². The molecule has 1 rings (SSSR count). The quantitative estimate of drug-likeness (QED) is 0.312. The molecule has 1 aliphatic carbocycles. The molecule has 148 valence electrons. The number of rotatable bonds is 12. The molecule has 0 aliphatic heterocycles. The number of alkyl halides is 2. The summed E-state index contributed by atoms with van der Waals surface area (Å²) in [7, 11) is 0. The Hall–Kier alpha value is -1.40. The summed E-state index contributed by atoms with van der Waals surface area (Å²) in [6.45, 7) is 1.86. The molecule has 0 aromatic carbocycles.